The molecule has 0 aromatic heterocycles. The monoisotopic (exact) mass is 262 g/mol. The van der Waals surface area contributed by atoms with Crippen LogP contribution >= 0.6 is 0 Å². The van der Waals surface area contributed by atoms with Crippen LogP contribution in [-0.4, -0.2) is 37.6 Å². The van der Waals surface area contributed by atoms with Crippen molar-refractivity contribution in [1.82, 2.24) is 4.90 Å². The van der Waals surface area contributed by atoms with Crippen molar-refractivity contribution in [3.05, 3.63) is 29.8 Å². The first-order chi connectivity index (χ1) is 9.20. The first-order valence-corrected chi connectivity index (χ1v) is 6.80. The van der Waals surface area contributed by atoms with Crippen molar-refractivity contribution in [3.8, 4) is 0 Å². The number of benzene rings is 1. The third kappa shape index (κ3) is 3.70. The average molecular weight is 262 g/mol. The lowest BCUT2D eigenvalue weighted by Crippen LogP contribution is -2.40. The maximum Gasteiger partial charge on any atom is 0.227 e. The molecule has 19 heavy (non-hydrogen) atoms. The van der Waals surface area contributed by atoms with E-state index in [1.165, 1.54) is 0 Å². The average Bonchev–Trinajstić information content (AvgIpc) is 2.42. The van der Waals surface area contributed by atoms with E-state index in [2.05, 4.69) is 0 Å². The number of nitrogen functional groups attached to an aromatic ring is 1. The molecule has 1 amide bonds. The lowest BCUT2D eigenvalue weighted by molar-refractivity contribution is -0.132. The minimum Gasteiger partial charge on any atom is -0.398 e. The number of para-hydroxylation sites is 1. The van der Waals surface area contributed by atoms with Crippen LogP contribution in [0, 0.1) is 5.92 Å². The van der Waals surface area contributed by atoms with Crippen LogP contribution < -0.4 is 5.73 Å². The van der Waals surface area contributed by atoms with Gasteiger partial charge in [0.2, 0.25) is 5.91 Å². The summed E-state index contributed by atoms with van der Waals surface area (Å²) in [7, 11) is 1.73. The number of methoxy groups -OCH3 is 1. The Kier molecular flexibility index (Phi) is 4.80. The van der Waals surface area contributed by atoms with Gasteiger partial charge in [-0.05, 0) is 30.4 Å². The van der Waals surface area contributed by atoms with Gasteiger partial charge in [-0.25, -0.2) is 0 Å². The second kappa shape index (κ2) is 6.57. The third-order valence-corrected chi connectivity index (χ3v) is 3.77. The number of nitrogens with zero attached hydrogens (tertiary/aromatic N) is 1. The number of anilines is 1. The van der Waals surface area contributed by atoms with Crippen molar-refractivity contribution >= 4 is 11.6 Å². The molecular weight excluding hydrogens is 240 g/mol. The molecular formula is C15H22N2O2. The Morgan fingerprint density at radius 3 is 2.68 bits per heavy atom. The van der Waals surface area contributed by atoms with Gasteiger partial charge in [0.05, 0.1) is 6.42 Å². The van der Waals surface area contributed by atoms with Gasteiger partial charge in [-0.1, -0.05) is 18.2 Å². The SMILES string of the molecule is COCC1CCN(C(=O)Cc2ccccc2N)CC1. The summed E-state index contributed by atoms with van der Waals surface area (Å²) in [6.45, 7) is 2.47. The number of hydrogen-bond donors (Lipinski definition) is 1. The van der Waals surface area contributed by atoms with Crippen molar-refractivity contribution in [2.75, 3.05) is 32.5 Å². The number of amides is 1. The molecule has 4 nitrogen and oxygen atoms in total. The van der Waals surface area contributed by atoms with E-state index in [1.807, 2.05) is 29.2 Å². The first-order valence-electron chi connectivity index (χ1n) is 6.80. The Labute approximate surface area is 114 Å². The predicted octanol–water partition coefficient (Wildman–Crippen LogP) is 1.70. The minimum absolute atomic E-state index is 0.175. The molecule has 1 aromatic carbocycles. The molecule has 0 spiro atoms. The van der Waals surface area contributed by atoms with E-state index in [9.17, 15) is 4.79 Å². The molecule has 4 heteroatoms. The number of carbonyl (C=O) groups excluding carboxylic acids is 1. The van der Waals surface area contributed by atoms with Crippen molar-refractivity contribution in [3.63, 3.8) is 0 Å². The van der Waals surface area contributed by atoms with Crippen molar-refractivity contribution < 1.29 is 9.53 Å². The van der Waals surface area contributed by atoms with Gasteiger partial charge in [-0.3, -0.25) is 4.79 Å². The molecule has 2 N–H and O–H groups in total. The molecule has 1 saturated heterocycles. The van der Waals surface area contributed by atoms with Gasteiger partial charge in [-0.2, -0.15) is 0 Å². The van der Waals surface area contributed by atoms with Crippen LogP contribution in [0.1, 0.15) is 18.4 Å². The Morgan fingerprint density at radius 1 is 1.37 bits per heavy atom. The molecule has 0 atom stereocenters. The number of carbonyl (C=O) groups is 1. The number of likely N-dealkylation sites (tertiary alicyclic amines) is 1. The van der Waals surface area contributed by atoms with Crippen LogP contribution in [0.3, 0.4) is 0 Å². The zero-order chi connectivity index (χ0) is 13.7. The second-order valence-electron chi connectivity index (χ2n) is 5.16. The number of ether oxygens (including phenoxy) is 1. The van der Waals surface area contributed by atoms with Crippen LogP contribution in [0.5, 0.6) is 0 Å². The lowest BCUT2D eigenvalue weighted by Gasteiger charge is -2.31. The van der Waals surface area contributed by atoms with E-state index in [0.29, 0.717) is 18.0 Å². The highest BCUT2D eigenvalue weighted by molar-refractivity contribution is 5.80. The first kappa shape index (κ1) is 13.9. The third-order valence-electron chi connectivity index (χ3n) is 3.77. The van der Waals surface area contributed by atoms with E-state index in [4.69, 9.17) is 10.5 Å². The lowest BCUT2D eigenvalue weighted by atomic mass is 9.97. The number of rotatable bonds is 4. The molecule has 0 bridgehead atoms. The molecule has 0 unspecified atom stereocenters. The largest absolute Gasteiger partial charge is 0.398 e. The molecule has 104 valence electrons. The van der Waals surface area contributed by atoms with Crippen molar-refractivity contribution in [2.24, 2.45) is 5.92 Å². The number of piperidine rings is 1. The number of nitrogens with two attached hydrogens (primary N) is 1. The molecule has 0 radical (unpaired) electrons. The van der Waals surface area contributed by atoms with Crippen LogP contribution in [0.4, 0.5) is 5.69 Å². The fourth-order valence-electron chi connectivity index (χ4n) is 2.55. The Bertz CT molecular complexity index is 426. The van der Waals surface area contributed by atoms with Gasteiger partial charge in [0, 0.05) is 32.5 Å². The fraction of sp³-hybridized carbons (Fsp3) is 0.533. The van der Waals surface area contributed by atoms with Crippen LogP contribution in [0.25, 0.3) is 0 Å². The highest BCUT2D eigenvalue weighted by Gasteiger charge is 2.22. The van der Waals surface area contributed by atoms with E-state index in [1.54, 1.807) is 7.11 Å². The predicted molar refractivity (Wildman–Crippen MR) is 75.7 cm³/mol. The summed E-state index contributed by atoms with van der Waals surface area (Å²) >= 11 is 0. The summed E-state index contributed by atoms with van der Waals surface area (Å²) in [5.41, 5.74) is 7.49. The highest BCUT2D eigenvalue weighted by atomic mass is 16.5. The van der Waals surface area contributed by atoms with Crippen molar-refractivity contribution in [2.45, 2.75) is 19.3 Å². The normalized spacial score (nSPS) is 16.6. The van der Waals surface area contributed by atoms with Crippen molar-refractivity contribution in [1.29, 1.82) is 0 Å². The zero-order valence-corrected chi connectivity index (χ0v) is 11.5. The highest BCUT2D eigenvalue weighted by Crippen LogP contribution is 2.19. The molecule has 1 fully saturated rings. The second-order valence-corrected chi connectivity index (χ2v) is 5.16. The molecule has 2 rings (SSSR count). The van der Waals surface area contributed by atoms with Crippen LogP contribution in [-0.2, 0) is 16.0 Å². The van der Waals surface area contributed by atoms with Gasteiger partial charge in [0.1, 0.15) is 0 Å². The zero-order valence-electron chi connectivity index (χ0n) is 11.5. The topological polar surface area (TPSA) is 55.6 Å². The van der Waals surface area contributed by atoms with E-state index >= 15 is 0 Å². The standard InChI is InChI=1S/C15H22N2O2/c1-19-11-12-6-8-17(9-7-12)15(18)10-13-4-2-3-5-14(13)16/h2-5,12H,6-11,16H2,1H3. The summed E-state index contributed by atoms with van der Waals surface area (Å²) < 4.78 is 5.17. The summed E-state index contributed by atoms with van der Waals surface area (Å²) in [6, 6.07) is 7.57. The molecule has 0 saturated carbocycles. The van der Waals surface area contributed by atoms with Gasteiger partial charge in [0.25, 0.3) is 0 Å². The van der Waals surface area contributed by atoms with E-state index in [-0.39, 0.29) is 5.91 Å². The summed E-state index contributed by atoms with van der Waals surface area (Å²) in [4.78, 5) is 14.2. The summed E-state index contributed by atoms with van der Waals surface area (Å²) in [5.74, 6) is 0.768. The van der Waals surface area contributed by atoms with Crippen LogP contribution in [0.2, 0.25) is 0 Å². The van der Waals surface area contributed by atoms with Gasteiger partial charge in [-0.15, -0.1) is 0 Å². The Hall–Kier alpha value is -1.55. The fourth-order valence-corrected chi connectivity index (χ4v) is 2.55. The molecule has 0 aliphatic carbocycles. The quantitative estimate of drug-likeness (QED) is 0.840. The molecule has 1 aliphatic rings. The van der Waals surface area contributed by atoms with Crippen LogP contribution in [0.15, 0.2) is 24.3 Å². The smallest absolute Gasteiger partial charge is 0.227 e. The van der Waals surface area contributed by atoms with Gasteiger partial charge >= 0.3 is 0 Å². The molecule has 1 aromatic rings. The molecule has 1 aliphatic heterocycles. The maximum absolute atomic E-state index is 12.2. The summed E-state index contributed by atoms with van der Waals surface area (Å²) in [5, 5.41) is 0. The van der Waals surface area contributed by atoms with Gasteiger partial charge in [0.15, 0.2) is 0 Å². The van der Waals surface area contributed by atoms with E-state index < -0.39 is 0 Å². The Balaban J connectivity index is 1.87. The number of hydrogen-bond acceptors (Lipinski definition) is 3. The Morgan fingerprint density at radius 2 is 2.05 bits per heavy atom. The molecule has 1 heterocycles. The maximum atomic E-state index is 12.2. The minimum atomic E-state index is 0.175. The van der Waals surface area contributed by atoms with Gasteiger partial charge < -0.3 is 15.4 Å². The van der Waals surface area contributed by atoms with E-state index in [0.717, 1.165) is 38.1 Å². The summed E-state index contributed by atoms with van der Waals surface area (Å²) in [6.07, 6.45) is 2.47.